The van der Waals surface area contributed by atoms with Gasteiger partial charge in [-0.1, -0.05) is 0 Å². The number of nitrogens with one attached hydrogen (secondary N) is 2. The summed E-state index contributed by atoms with van der Waals surface area (Å²) in [7, 11) is 0. The van der Waals surface area contributed by atoms with Gasteiger partial charge >= 0.3 is 0 Å². The number of nitrogens with zero attached hydrogens (tertiary/aromatic N) is 1. The van der Waals surface area contributed by atoms with Crippen LogP contribution >= 0.6 is 0 Å². The number of rotatable bonds is 5. The van der Waals surface area contributed by atoms with Crippen LogP contribution in [0.25, 0.3) is 0 Å². The molecule has 2 aliphatic rings. The summed E-state index contributed by atoms with van der Waals surface area (Å²) >= 11 is 0. The lowest BCUT2D eigenvalue weighted by Crippen LogP contribution is -2.49. The third-order valence-electron chi connectivity index (χ3n) is 4.40. The minimum absolute atomic E-state index is 0.169. The monoisotopic (exact) mass is 289 g/mol. The van der Waals surface area contributed by atoms with Crippen LogP contribution in [0, 0.1) is 24.7 Å². The van der Waals surface area contributed by atoms with Crippen LogP contribution in [-0.2, 0) is 4.79 Å². The van der Waals surface area contributed by atoms with Crippen molar-refractivity contribution in [3.8, 4) is 5.75 Å². The van der Waals surface area contributed by atoms with E-state index >= 15 is 0 Å². The Hall–Kier alpha value is -1.62. The normalized spacial score (nSPS) is 27.1. The van der Waals surface area contributed by atoms with E-state index in [4.69, 9.17) is 4.74 Å². The van der Waals surface area contributed by atoms with Crippen LogP contribution in [-0.4, -0.2) is 36.1 Å². The van der Waals surface area contributed by atoms with Crippen molar-refractivity contribution in [3.63, 3.8) is 0 Å². The number of hydrogen-bond acceptors (Lipinski definition) is 4. The summed E-state index contributed by atoms with van der Waals surface area (Å²) in [5.41, 5.74) is 0.478. The number of piperidine rings is 1. The van der Waals surface area contributed by atoms with Crippen LogP contribution < -0.4 is 15.4 Å². The molecule has 1 amide bonds. The predicted molar refractivity (Wildman–Crippen MR) is 80.0 cm³/mol. The van der Waals surface area contributed by atoms with Gasteiger partial charge in [-0.25, -0.2) is 0 Å². The molecule has 2 N–H and O–H groups in total. The van der Waals surface area contributed by atoms with E-state index in [1.165, 1.54) is 0 Å². The molecule has 21 heavy (non-hydrogen) atoms. The van der Waals surface area contributed by atoms with Crippen molar-refractivity contribution < 1.29 is 9.53 Å². The fraction of sp³-hybridized carbons (Fsp3) is 0.625. The van der Waals surface area contributed by atoms with E-state index in [0.717, 1.165) is 24.5 Å². The van der Waals surface area contributed by atoms with Crippen LogP contribution in [0.2, 0.25) is 0 Å². The maximum Gasteiger partial charge on any atom is 0.224 e. The molecule has 2 heterocycles. The number of aryl methyl sites for hydroxylation is 1. The third kappa shape index (κ3) is 3.02. The first kappa shape index (κ1) is 14.3. The maximum absolute atomic E-state index is 12.3. The zero-order valence-electron chi connectivity index (χ0n) is 12.8. The molecule has 0 aromatic carbocycles. The first-order valence-corrected chi connectivity index (χ1v) is 7.55. The Morgan fingerprint density at radius 1 is 1.48 bits per heavy atom. The van der Waals surface area contributed by atoms with Crippen molar-refractivity contribution in [3.05, 3.63) is 24.0 Å². The van der Waals surface area contributed by atoms with Gasteiger partial charge in [0.25, 0.3) is 0 Å². The molecule has 1 aliphatic heterocycles. The van der Waals surface area contributed by atoms with Crippen molar-refractivity contribution in [2.24, 2.45) is 17.8 Å². The highest BCUT2D eigenvalue weighted by molar-refractivity contribution is 5.83. The average Bonchev–Trinajstić information content (AvgIpc) is 2.92. The van der Waals surface area contributed by atoms with E-state index in [1.54, 1.807) is 6.20 Å². The van der Waals surface area contributed by atoms with Crippen LogP contribution in [0.15, 0.2) is 18.3 Å². The predicted octanol–water partition coefficient (Wildman–Crippen LogP) is 1.13. The van der Waals surface area contributed by atoms with Gasteiger partial charge in [0.2, 0.25) is 5.91 Å². The Bertz CT molecular complexity index is 534. The Labute approximate surface area is 125 Å². The number of aromatic nitrogens is 1. The largest absolute Gasteiger partial charge is 0.489 e. The second-order valence-electron chi connectivity index (χ2n) is 6.76. The number of carbonyl (C=O) groups excluding carboxylic acids is 1. The van der Waals surface area contributed by atoms with Gasteiger partial charge in [0.15, 0.2) is 0 Å². The second kappa shape index (κ2) is 5.30. The van der Waals surface area contributed by atoms with E-state index in [0.29, 0.717) is 18.4 Å². The fourth-order valence-electron chi connectivity index (χ4n) is 3.14. The molecule has 0 spiro atoms. The molecule has 0 unspecified atom stereocenters. The number of hydrogen-bond donors (Lipinski definition) is 2. The van der Waals surface area contributed by atoms with Gasteiger partial charge in [-0.05, 0) is 57.8 Å². The summed E-state index contributed by atoms with van der Waals surface area (Å²) in [6.45, 7) is 8.30. The van der Waals surface area contributed by atoms with Crippen molar-refractivity contribution in [2.75, 3.05) is 19.7 Å². The zero-order chi connectivity index (χ0) is 15.0. The van der Waals surface area contributed by atoms with Gasteiger partial charge in [-0.2, -0.15) is 0 Å². The molecule has 1 aliphatic carbocycles. The van der Waals surface area contributed by atoms with Crippen molar-refractivity contribution in [1.29, 1.82) is 0 Å². The number of fused-ring (bicyclic) bond motifs is 1. The first-order chi connectivity index (χ1) is 9.98. The molecule has 5 nitrogen and oxygen atoms in total. The number of ether oxygens (including phenoxy) is 1. The molecule has 3 atom stereocenters. The van der Waals surface area contributed by atoms with Crippen LogP contribution in [0.3, 0.4) is 0 Å². The third-order valence-corrected chi connectivity index (χ3v) is 4.40. The molecule has 0 radical (unpaired) electrons. The highest BCUT2D eigenvalue weighted by atomic mass is 16.5. The summed E-state index contributed by atoms with van der Waals surface area (Å²) in [5.74, 6) is 2.23. The zero-order valence-corrected chi connectivity index (χ0v) is 12.8. The van der Waals surface area contributed by atoms with Crippen molar-refractivity contribution >= 4 is 5.91 Å². The van der Waals surface area contributed by atoms with Crippen LogP contribution in [0.4, 0.5) is 0 Å². The molecule has 5 heteroatoms. The molecule has 3 rings (SSSR count). The van der Waals surface area contributed by atoms with Gasteiger partial charge in [0, 0.05) is 12.1 Å². The number of carbonyl (C=O) groups is 1. The van der Waals surface area contributed by atoms with E-state index in [-0.39, 0.29) is 17.4 Å². The minimum atomic E-state index is -0.385. The molecular weight excluding hydrogens is 266 g/mol. The lowest BCUT2D eigenvalue weighted by Gasteiger charge is -2.27. The molecule has 1 saturated heterocycles. The molecule has 2 fully saturated rings. The summed E-state index contributed by atoms with van der Waals surface area (Å²) < 4.78 is 5.81. The maximum atomic E-state index is 12.3. The highest BCUT2D eigenvalue weighted by Gasteiger charge is 2.57. The molecule has 0 bridgehead atoms. The quantitative estimate of drug-likeness (QED) is 0.853. The van der Waals surface area contributed by atoms with Gasteiger partial charge in [0.05, 0.1) is 11.2 Å². The van der Waals surface area contributed by atoms with Crippen molar-refractivity contribution in [1.82, 2.24) is 15.6 Å². The molecule has 1 aromatic rings. The van der Waals surface area contributed by atoms with Gasteiger partial charge in [0.1, 0.15) is 12.4 Å². The Morgan fingerprint density at radius 3 is 2.86 bits per heavy atom. The standard InChI is InChI=1S/C16H23N3O2/c1-10-13(5-4-6-18-10)21-9-16(2,3)19-15(20)14-11-7-17-8-12(11)14/h4-6,11-12,14,17H,7-9H2,1-3H3,(H,19,20)/t11-,12+,14+. The Morgan fingerprint density at radius 2 is 2.19 bits per heavy atom. The summed E-state index contributed by atoms with van der Waals surface area (Å²) in [6.07, 6.45) is 1.75. The second-order valence-corrected chi connectivity index (χ2v) is 6.76. The lowest BCUT2D eigenvalue weighted by atomic mass is 10.1. The van der Waals surface area contributed by atoms with Crippen LogP contribution in [0.5, 0.6) is 5.75 Å². The molecular formula is C16H23N3O2. The smallest absolute Gasteiger partial charge is 0.224 e. The molecule has 114 valence electrons. The van der Waals surface area contributed by atoms with Gasteiger partial charge in [-0.3, -0.25) is 9.78 Å². The fourth-order valence-corrected chi connectivity index (χ4v) is 3.14. The van der Waals surface area contributed by atoms with Gasteiger partial charge in [-0.15, -0.1) is 0 Å². The SMILES string of the molecule is Cc1ncccc1OCC(C)(C)NC(=O)[C@H]1[C@@H]2CNC[C@@H]21. The van der Waals surface area contributed by atoms with E-state index in [1.807, 2.05) is 32.9 Å². The molecule has 1 saturated carbocycles. The first-order valence-electron chi connectivity index (χ1n) is 7.55. The molecule has 1 aromatic heterocycles. The topological polar surface area (TPSA) is 63.2 Å². The minimum Gasteiger partial charge on any atom is -0.489 e. The summed E-state index contributed by atoms with van der Waals surface area (Å²) in [5, 5.41) is 6.44. The number of amides is 1. The van der Waals surface area contributed by atoms with E-state index in [9.17, 15) is 4.79 Å². The van der Waals surface area contributed by atoms with Crippen LogP contribution in [0.1, 0.15) is 19.5 Å². The summed E-state index contributed by atoms with van der Waals surface area (Å²) in [4.78, 5) is 16.5. The van der Waals surface area contributed by atoms with E-state index in [2.05, 4.69) is 15.6 Å². The Kier molecular flexibility index (Phi) is 3.61. The van der Waals surface area contributed by atoms with Crippen molar-refractivity contribution in [2.45, 2.75) is 26.3 Å². The summed E-state index contributed by atoms with van der Waals surface area (Å²) in [6, 6.07) is 3.75. The van der Waals surface area contributed by atoms with Gasteiger partial charge < -0.3 is 15.4 Å². The number of pyridine rings is 1. The average molecular weight is 289 g/mol. The Balaban J connectivity index is 1.52. The van der Waals surface area contributed by atoms with E-state index < -0.39 is 0 Å². The lowest BCUT2D eigenvalue weighted by molar-refractivity contribution is -0.125. The highest BCUT2D eigenvalue weighted by Crippen LogP contribution is 2.48.